The van der Waals surface area contributed by atoms with Crippen LogP contribution in [-0.4, -0.2) is 30.4 Å². The van der Waals surface area contributed by atoms with Gasteiger partial charge < -0.3 is 10.2 Å². The maximum Gasteiger partial charge on any atom is 0.231 e. The predicted molar refractivity (Wildman–Crippen MR) is 77.7 cm³/mol. The molecule has 106 valence electrons. The molecule has 0 bridgehead atoms. The Bertz CT molecular complexity index is 486. The van der Waals surface area contributed by atoms with E-state index < -0.39 is 0 Å². The number of nitriles is 1. The molecule has 0 spiro atoms. The van der Waals surface area contributed by atoms with Crippen molar-refractivity contribution in [2.45, 2.75) is 26.3 Å². The lowest BCUT2D eigenvalue weighted by Crippen LogP contribution is -2.44. The number of hydrogen-bond acceptors (Lipinski definition) is 3. The molecule has 4 nitrogen and oxygen atoms in total. The number of benzene rings is 1. The highest BCUT2D eigenvalue weighted by Gasteiger charge is 2.41. The van der Waals surface area contributed by atoms with Crippen LogP contribution in [0.4, 0.5) is 0 Å². The van der Waals surface area contributed by atoms with Gasteiger partial charge in [-0.25, -0.2) is 0 Å². The maximum atomic E-state index is 12.8. The van der Waals surface area contributed by atoms with Gasteiger partial charge in [0.05, 0.1) is 11.5 Å². The average molecular weight is 271 g/mol. The summed E-state index contributed by atoms with van der Waals surface area (Å²) in [5.41, 5.74) is 0.736. The first-order chi connectivity index (χ1) is 9.72. The van der Waals surface area contributed by atoms with E-state index in [9.17, 15) is 4.79 Å². The van der Waals surface area contributed by atoms with E-state index >= 15 is 0 Å². The molecule has 0 aliphatic carbocycles. The van der Waals surface area contributed by atoms with E-state index in [0.717, 1.165) is 31.5 Å². The average Bonchev–Trinajstić information content (AvgIpc) is 2.97. The van der Waals surface area contributed by atoms with Crippen LogP contribution < -0.4 is 5.32 Å². The van der Waals surface area contributed by atoms with Crippen LogP contribution in [0.5, 0.6) is 0 Å². The summed E-state index contributed by atoms with van der Waals surface area (Å²) in [6, 6.07) is 12.0. The summed E-state index contributed by atoms with van der Waals surface area (Å²) in [6.07, 6.45) is 1.68. The van der Waals surface area contributed by atoms with Crippen molar-refractivity contribution in [3.63, 3.8) is 0 Å². The molecular formula is C16H21N3O. The molecule has 1 aliphatic heterocycles. The summed E-state index contributed by atoms with van der Waals surface area (Å²) in [6.45, 7) is 4.31. The van der Waals surface area contributed by atoms with Gasteiger partial charge in [0.25, 0.3) is 0 Å². The predicted octanol–water partition coefficient (Wildman–Crippen LogP) is 1.93. The lowest BCUT2D eigenvalue weighted by molar-refractivity contribution is -0.141. The molecule has 1 heterocycles. The summed E-state index contributed by atoms with van der Waals surface area (Å²) in [7, 11) is 0. The number of carbonyl (C=O) groups is 1. The van der Waals surface area contributed by atoms with Crippen molar-refractivity contribution in [3.8, 4) is 6.07 Å². The Hall–Kier alpha value is -1.86. The quantitative estimate of drug-likeness (QED) is 0.833. The highest BCUT2D eigenvalue weighted by atomic mass is 16.2. The third-order valence-corrected chi connectivity index (χ3v) is 4.14. The fourth-order valence-corrected chi connectivity index (χ4v) is 2.80. The van der Waals surface area contributed by atoms with E-state index in [2.05, 4.69) is 18.3 Å². The van der Waals surface area contributed by atoms with Crippen LogP contribution in [0.2, 0.25) is 0 Å². The summed E-state index contributed by atoms with van der Waals surface area (Å²) >= 11 is 0. The zero-order chi connectivity index (χ0) is 14.4. The summed E-state index contributed by atoms with van der Waals surface area (Å²) in [5.74, 6) is 0.107. The minimum atomic E-state index is -0.328. The van der Waals surface area contributed by atoms with Crippen LogP contribution in [0.15, 0.2) is 30.3 Å². The SMILES string of the molecule is CCC1(C(=O)N(CC#N)Cc2ccccc2)CCNC1. The Morgan fingerprint density at radius 1 is 1.45 bits per heavy atom. The molecule has 1 unspecified atom stereocenters. The second kappa shape index (κ2) is 6.53. The number of amides is 1. The molecule has 1 N–H and O–H groups in total. The van der Waals surface area contributed by atoms with Gasteiger partial charge in [-0.3, -0.25) is 4.79 Å². The Balaban J connectivity index is 2.16. The Kier molecular flexibility index (Phi) is 4.75. The molecule has 1 fully saturated rings. The van der Waals surface area contributed by atoms with Gasteiger partial charge in [0.2, 0.25) is 5.91 Å². The third-order valence-electron chi connectivity index (χ3n) is 4.14. The van der Waals surface area contributed by atoms with Gasteiger partial charge in [0, 0.05) is 13.1 Å². The van der Waals surface area contributed by atoms with Crippen molar-refractivity contribution in [1.82, 2.24) is 10.2 Å². The molecule has 1 amide bonds. The monoisotopic (exact) mass is 271 g/mol. The van der Waals surface area contributed by atoms with Crippen LogP contribution in [0.3, 0.4) is 0 Å². The first-order valence-electron chi connectivity index (χ1n) is 7.13. The largest absolute Gasteiger partial charge is 0.325 e. The Morgan fingerprint density at radius 3 is 2.75 bits per heavy atom. The van der Waals surface area contributed by atoms with Gasteiger partial charge >= 0.3 is 0 Å². The van der Waals surface area contributed by atoms with E-state index in [0.29, 0.717) is 6.54 Å². The van der Waals surface area contributed by atoms with E-state index in [4.69, 9.17) is 5.26 Å². The molecule has 4 heteroatoms. The lowest BCUT2D eigenvalue weighted by Gasteiger charge is -2.32. The van der Waals surface area contributed by atoms with Gasteiger partial charge in [-0.2, -0.15) is 5.26 Å². The molecule has 0 radical (unpaired) electrons. The zero-order valence-corrected chi connectivity index (χ0v) is 11.9. The lowest BCUT2D eigenvalue weighted by atomic mass is 9.82. The van der Waals surface area contributed by atoms with Crippen molar-refractivity contribution in [3.05, 3.63) is 35.9 Å². The second-order valence-corrected chi connectivity index (χ2v) is 5.37. The topological polar surface area (TPSA) is 56.1 Å². The molecule has 0 saturated carbocycles. The van der Waals surface area contributed by atoms with Crippen LogP contribution in [0, 0.1) is 16.7 Å². The molecule has 20 heavy (non-hydrogen) atoms. The minimum Gasteiger partial charge on any atom is -0.325 e. The summed E-state index contributed by atoms with van der Waals surface area (Å²) in [5, 5.41) is 12.3. The molecule has 1 atom stereocenters. The van der Waals surface area contributed by atoms with Crippen LogP contribution in [-0.2, 0) is 11.3 Å². The van der Waals surface area contributed by atoms with E-state index in [-0.39, 0.29) is 17.9 Å². The fraction of sp³-hybridized carbons (Fsp3) is 0.500. The molecule has 1 aliphatic rings. The first kappa shape index (κ1) is 14.5. The number of nitrogens with zero attached hydrogens (tertiary/aromatic N) is 2. The normalized spacial score (nSPS) is 21.4. The molecule has 1 aromatic rings. The van der Waals surface area contributed by atoms with Crippen LogP contribution in [0.25, 0.3) is 0 Å². The number of hydrogen-bond donors (Lipinski definition) is 1. The highest BCUT2D eigenvalue weighted by Crippen LogP contribution is 2.32. The molecule has 0 aromatic heterocycles. The maximum absolute atomic E-state index is 12.8. The van der Waals surface area contributed by atoms with Crippen molar-refractivity contribution < 1.29 is 4.79 Å². The summed E-state index contributed by atoms with van der Waals surface area (Å²) < 4.78 is 0. The second-order valence-electron chi connectivity index (χ2n) is 5.37. The highest BCUT2D eigenvalue weighted by molar-refractivity contribution is 5.83. The van der Waals surface area contributed by atoms with Crippen molar-refractivity contribution in [2.24, 2.45) is 5.41 Å². The van der Waals surface area contributed by atoms with Gasteiger partial charge in [-0.1, -0.05) is 37.3 Å². The third kappa shape index (κ3) is 3.00. The Labute approximate surface area is 120 Å². The fourth-order valence-electron chi connectivity index (χ4n) is 2.80. The van der Waals surface area contributed by atoms with Crippen LogP contribution >= 0.6 is 0 Å². The van der Waals surface area contributed by atoms with E-state index in [1.807, 2.05) is 30.3 Å². The number of rotatable bonds is 5. The van der Waals surface area contributed by atoms with E-state index in [1.54, 1.807) is 4.90 Å². The number of nitrogens with one attached hydrogen (secondary N) is 1. The van der Waals surface area contributed by atoms with Gasteiger partial charge in [-0.05, 0) is 24.9 Å². The summed E-state index contributed by atoms with van der Waals surface area (Å²) in [4.78, 5) is 14.5. The minimum absolute atomic E-state index is 0.107. The van der Waals surface area contributed by atoms with Crippen molar-refractivity contribution >= 4 is 5.91 Å². The van der Waals surface area contributed by atoms with Crippen molar-refractivity contribution in [2.75, 3.05) is 19.6 Å². The smallest absolute Gasteiger partial charge is 0.231 e. The standard InChI is InChI=1S/C16H21N3O/c1-2-16(8-10-18-13-16)15(20)19(11-9-17)12-14-6-4-3-5-7-14/h3-7,18H,2,8,10-13H2,1H3. The van der Waals surface area contributed by atoms with E-state index in [1.165, 1.54) is 0 Å². The molecular weight excluding hydrogens is 250 g/mol. The molecule has 1 aromatic carbocycles. The number of carbonyl (C=O) groups excluding carboxylic acids is 1. The first-order valence-corrected chi connectivity index (χ1v) is 7.13. The van der Waals surface area contributed by atoms with Crippen LogP contribution in [0.1, 0.15) is 25.3 Å². The zero-order valence-electron chi connectivity index (χ0n) is 11.9. The molecule has 1 saturated heterocycles. The van der Waals surface area contributed by atoms with Gasteiger partial charge in [0.15, 0.2) is 0 Å². The van der Waals surface area contributed by atoms with Gasteiger partial charge in [-0.15, -0.1) is 0 Å². The van der Waals surface area contributed by atoms with Crippen molar-refractivity contribution in [1.29, 1.82) is 5.26 Å². The Morgan fingerprint density at radius 2 is 2.20 bits per heavy atom. The van der Waals surface area contributed by atoms with Gasteiger partial charge in [0.1, 0.15) is 6.54 Å². The molecule has 2 rings (SSSR count).